The fourth-order valence-corrected chi connectivity index (χ4v) is 2.34. The third-order valence-electron chi connectivity index (χ3n) is 3.69. The molecule has 0 heterocycles. The van der Waals surface area contributed by atoms with Gasteiger partial charge in [-0.1, -0.05) is 30.0 Å². The second-order valence-electron chi connectivity index (χ2n) is 5.53. The SMILES string of the molecule is Fc1ccc(-c2ccc(C#Cc3ccc(C(F)(F)F)cc3)cc2F)cc1. The van der Waals surface area contributed by atoms with Gasteiger partial charge in [0.05, 0.1) is 5.56 Å². The Labute approximate surface area is 146 Å². The quantitative estimate of drug-likeness (QED) is 0.367. The van der Waals surface area contributed by atoms with Crippen molar-refractivity contribution in [1.82, 2.24) is 0 Å². The summed E-state index contributed by atoms with van der Waals surface area (Å²) in [6.45, 7) is 0. The Hall–Kier alpha value is -3.13. The lowest BCUT2D eigenvalue weighted by Crippen LogP contribution is -2.04. The lowest BCUT2D eigenvalue weighted by Gasteiger charge is -2.05. The molecule has 0 atom stereocenters. The highest BCUT2D eigenvalue weighted by Gasteiger charge is 2.29. The molecule has 0 aromatic heterocycles. The first kappa shape index (κ1) is 17.7. The van der Waals surface area contributed by atoms with Gasteiger partial charge in [-0.15, -0.1) is 0 Å². The molecule has 0 saturated carbocycles. The van der Waals surface area contributed by atoms with Crippen molar-refractivity contribution in [3.8, 4) is 23.0 Å². The van der Waals surface area contributed by atoms with E-state index in [0.29, 0.717) is 22.3 Å². The van der Waals surface area contributed by atoms with Crippen LogP contribution in [0.15, 0.2) is 66.7 Å². The third kappa shape index (κ3) is 4.09. The first-order valence-corrected chi connectivity index (χ1v) is 7.58. The molecule has 3 aromatic carbocycles. The standard InChI is InChI=1S/C21H11F5/c22-18-10-6-16(7-11-18)19-12-5-15(13-20(19)23)2-1-14-3-8-17(9-4-14)21(24,25)26/h3-13H. The van der Waals surface area contributed by atoms with E-state index >= 15 is 0 Å². The molecule has 0 saturated heterocycles. The molecule has 3 rings (SSSR count). The number of rotatable bonds is 1. The zero-order valence-electron chi connectivity index (χ0n) is 13.2. The predicted molar refractivity (Wildman–Crippen MR) is 89.2 cm³/mol. The zero-order valence-corrected chi connectivity index (χ0v) is 13.2. The lowest BCUT2D eigenvalue weighted by atomic mass is 10.0. The van der Waals surface area contributed by atoms with Crippen LogP contribution in [0.4, 0.5) is 22.0 Å². The minimum absolute atomic E-state index is 0.310. The Bertz CT molecular complexity index is 972. The summed E-state index contributed by atoms with van der Waals surface area (Å²) in [5.41, 5.74) is 0.864. The van der Waals surface area contributed by atoms with Gasteiger partial charge in [0, 0.05) is 16.7 Å². The molecular weight excluding hydrogens is 347 g/mol. The summed E-state index contributed by atoms with van der Waals surface area (Å²) >= 11 is 0. The van der Waals surface area contributed by atoms with E-state index in [1.165, 1.54) is 48.5 Å². The fourth-order valence-electron chi connectivity index (χ4n) is 2.34. The predicted octanol–water partition coefficient (Wildman–Crippen LogP) is 6.05. The average Bonchev–Trinajstić information content (AvgIpc) is 2.61. The van der Waals surface area contributed by atoms with Crippen molar-refractivity contribution in [3.63, 3.8) is 0 Å². The van der Waals surface area contributed by atoms with Crippen LogP contribution in [0.25, 0.3) is 11.1 Å². The van der Waals surface area contributed by atoms with Gasteiger partial charge in [0.1, 0.15) is 11.6 Å². The normalized spacial score (nSPS) is 11.0. The molecule has 0 radical (unpaired) electrons. The van der Waals surface area contributed by atoms with Gasteiger partial charge in [-0.25, -0.2) is 8.78 Å². The van der Waals surface area contributed by atoms with Crippen molar-refractivity contribution >= 4 is 0 Å². The van der Waals surface area contributed by atoms with Crippen molar-refractivity contribution in [3.05, 3.63) is 95.1 Å². The second kappa shape index (κ2) is 7.01. The van der Waals surface area contributed by atoms with E-state index in [2.05, 4.69) is 11.8 Å². The van der Waals surface area contributed by atoms with E-state index in [0.717, 1.165) is 12.1 Å². The number of hydrogen-bond acceptors (Lipinski definition) is 0. The van der Waals surface area contributed by atoms with Gasteiger partial charge in [-0.3, -0.25) is 0 Å². The van der Waals surface area contributed by atoms with Crippen molar-refractivity contribution in [2.75, 3.05) is 0 Å². The molecule has 0 N–H and O–H groups in total. The Morgan fingerprint density at radius 1 is 0.654 bits per heavy atom. The van der Waals surface area contributed by atoms with Crippen LogP contribution in [0.1, 0.15) is 16.7 Å². The minimum Gasteiger partial charge on any atom is -0.207 e. The summed E-state index contributed by atoms with van der Waals surface area (Å²) in [6.07, 6.45) is -4.40. The zero-order chi connectivity index (χ0) is 18.7. The highest BCUT2D eigenvalue weighted by molar-refractivity contribution is 5.65. The molecule has 26 heavy (non-hydrogen) atoms. The maximum Gasteiger partial charge on any atom is 0.416 e. The lowest BCUT2D eigenvalue weighted by molar-refractivity contribution is -0.137. The summed E-state index contributed by atoms with van der Waals surface area (Å²) in [5.74, 6) is 4.49. The number of benzene rings is 3. The first-order valence-electron chi connectivity index (χ1n) is 7.58. The van der Waals surface area contributed by atoms with Crippen LogP contribution in [0.2, 0.25) is 0 Å². The number of hydrogen-bond donors (Lipinski definition) is 0. The van der Waals surface area contributed by atoms with Crippen molar-refractivity contribution in [2.45, 2.75) is 6.18 Å². The minimum atomic E-state index is -4.40. The maximum atomic E-state index is 14.3. The van der Waals surface area contributed by atoms with Gasteiger partial charge in [0.15, 0.2) is 0 Å². The Kier molecular flexibility index (Phi) is 4.77. The smallest absolute Gasteiger partial charge is 0.207 e. The molecule has 5 heteroatoms. The highest BCUT2D eigenvalue weighted by atomic mass is 19.4. The van der Waals surface area contributed by atoms with E-state index in [1.54, 1.807) is 6.07 Å². The molecule has 0 nitrogen and oxygen atoms in total. The number of alkyl halides is 3. The van der Waals surface area contributed by atoms with Gasteiger partial charge in [0.2, 0.25) is 0 Å². The largest absolute Gasteiger partial charge is 0.416 e. The molecule has 0 unspecified atom stereocenters. The van der Waals surface area contributed by atoms with E-state index in [4.69, 9.17) is 0 Å². The molecule has 0 amide bonds. The average molecular weight is 358 g/mol. The van der Waals surface area contributed by atoms with Crippen LogP contribution in [0.3, 0.4) is 0 Å². The molecule has 0 aliphatic rings. The van der Waals surface area contributed by atoms with Crippen LogP contribution >= 0.6 is 0 Å². The van der Waals surface area contributed by atoms with Crippen LogP contribution in [-0.4, -0.2) is 0 Å². The second-order valence-corrected chi connectivity index (χ2v) is 5.53. The van der Waals surface area contributed by atoms with Gasteiger partial charge >= 0.3 is 6.18 Å². The highest BCUT2D eigenvalue weighted by Crippen LogP contribution is 2.29. The van der Waals surface area contributed by atoms with Crippen LogP contribution in [0.5, 0.6) is 0 Å². The van der Waals surface area contributed by atoms with Crippen LogP contribution < -0.4 is 0 Å². The Balaban J connectivity index is 1.83. The first-order chi connectivity index (χ1) is 12.3. The molecule has 0 spiro atoms. The summed E-state index contributed by atoms with van der Waals surface area (Å²) < 4.78 is 64.8. The molecule has 0 bridgehead atoms. The molecule has 0 aliphatic heterocycles. The van der Waals surface area contributed by atoms with E-state index in [9.17, 15) is 22.0 Å². The molecule has 130 valence electrons. The monoisotopic (exact) mass is 358 g/mol. The number of halogens is 5. The molecule has 0 aliphatic carbocycles. The van der Waals surface area contributed by atoms with Crippen molar-refractivity contribution in [2.24, 2.45) is 0 Å². The van der Waals surface area contributed by atoms with E-state index in [1.807, 2.05) is 0 Å². The molecule has 3 aromatic rings. The summed E-state index contributed by atoms with van der Waals surface area (Å²) in [6, 6.07) is 14.2. The van der Waals surface area contributed by atoms with Gasteiger partial charge in [0.25, 0.3) is 0 Å². The van der Waals surface area contributed by atoms with Gasteiger partial charge in [-0.05, 0) is 54.1 Å². The third-order valence-corrected chi connectivity index (χ3v) is 3.69. The van der Waals surface area contributed by atoms with Crippen LogP contribution in [-0.2, 0) is 6.18 Å². The summed E-state index contributed by atoms with van der Waals surface area (Å²) in [7, 11) is 0. The van der Waals surface area contributed by atoms with Crippen LogP contribution in [0, 0.1) is 23.5 Å². The van der Waals surface area contributed by atoms with Gasteiger partial charge in [-0.2, -0.15) is 13.2 Å². The van der Waals surface area contributed by atoms with Gasteiger partial charge < -0.3 is 0 Å². The Morgan fingerprint density at radius 3 is 1.81 bits per heavy atom. The Morgan fingerprint density at radius 2 is 1.23 bits per heavy atom. The van der Waals surface area contributed by atoms with E-state index < -0.39 is 23.4 Å². The topological polar surface area (TPSA) is 0 Å². The van der Waals surface area contributed by atoms with E-state index in [-0.39, 0.29) is 0 Å². The van der Waals surface area contributed by atoms with Crippen molar-refractivity contribution < 1.29 is 22.0 Å². The van der Waals surface area contributed by atoms with Crippen molar-refractivity contribution in [1.29, 1.82) is 0 Å². The fraction of sp³-hybridized carbons (Fsp3) is 0.0476. The molecular formula is C21H11F5. The summed E-state index contributed by atoms with van der Waals surface area (Å²) in [5, 5.41) is 0. The summed E-state index contributed by atoms with van der Waals surface area (Å²) in [4.78, 5) is 0. The maximum absolute atomic E-state index is 14.3. The molecule has 0 fully saturated rings.